The molecule has 0 heterocycles. The van der Waals surface area contributed by atoms with E-state index >= 15 is 0 Å². The van der Waals surface area contributed by atoms with Crippen LogP contribution >= 0.6 is 0 Å². The summed E-state index contributed by atoms with van der Waals surface area (Å²) in [7, 11) is -3.81. The lowest BCUT2D eigenvalue weighted by Gasteiger charge is -2.13. The molecule has 1 amide bonds. The molecule has 0 aliphatic rings. The SMILES string of the molecule is C=C(CC)NNC(=O)c1cccc(S(=O)(=O)Nc2ccc(C)cc2C)c1. The minimum atomic E-state index is -3.81. The third-order valence-corrected chi connectivity index (χ3v) is 5.18. The molecule has 2 aromatic rings. The maximum absolute atomic E-state index is 12.7. The number of amides is 1. The van der Waals surface area contributed by atoms with E-state index in [9.17, 15) is 13.2 Å². The van der Waals surface area contributed by atoms with E-state index < -0.39 is 15.9 Å². The molecule has 3 N–H and O–H groups in total. The van der Waals surface area contributed by atoms with Crippen LogP contribution < -0.4 is 15.6 Å². The Balaban J connectivity index is 2.22. The lowest BCUT2D eigenvalue weighted by molar-refractivity contribution is 0.0938. The third-order valence-electron chi connectivity index (χ3n) is 3.81. The number of aryl methyl sites for hydroxylation is 2. The first-order valence-electron chi connectivity index (χ1n) is 8.17. The number of benzene rings is 2. The van der Waals surface area contributed by atoms with Gasteiger partial charge in [-0.25, -0.2) is 8.42 Å². The molecule has 138 valence electrons. The Morgan fingerprint density at radius 2 is 1.81 bits per heavy atom. The molecule has 0 saturated heterocycles. The smallest absolute Gasteiger partial charge is 0.269 e. The number of hydrogen-bond donors (Lipinski definition) is 3. The van der Waals surface area contributed by atoms with E-state index in [2.05, 4.69) is 22.2 Å². The Morgan fingerprint density at radius 1 is 1.08 bits per heavy atom. The molecular formula is C19H23N3O3S. The topological polar surface area (TPSA) is 87.3 Å². The zero-order chi connectivity index (χ0) is 19.3. The Kier molecular flexibility index (Phi) is 6.05. The fraction of sp³-hybridized carbons (Fsp3) is 0.211. The number of hydrogen-bond acceptors (Lipinski definition) is 4. The van der Waals surface area contributed by atoms with Crippen LogP contribution in [0.25, 0.3) is 0 Å². The van der Waals surface area contributed by atoms with Gasteiger partial charge in [-0.05, 0) is 50.1 Å². The van der Waals surface area contributed by atoms with Crippen LogP contribution in [0.15, 0.2) is 59.6 Å². The van der Waals surface area contributed by atoms with Crippen molar-refractivity contribution in [3.63, 3.8) is 0 Å². The monoisotopic (exact) mass is 373 g/mol. The van der Waals surface area contributed by atoms with Gasteiger partial charge in [0.2, 0.25) is 0 Å². The van der Waals surface area contributed by atoms with Gasteiger partial charge in [0, 0.05) is 11.3 Å². The molecule has 7 heteroatoms. The molecule has 26 heavy (non-hydrogen) atoms. The van der Waals surface area contributed by atoms with Crippen molar-refractivity contribution in [3.8, 4) is 0 Å². The molecule has 0 aromatic heterocycles. The summed E-state index contributed by atoms with van der Waals surface area (Å²) in [6, 6.07) is 11.3. The number of allylic oxidation sites excluding steroid dienone is 1. The number of anilines is 1. The van der Waals surface area contributed by atoms with Crippen LogP contribution in [0.5, 0.6) is 0 Å². The number of nitrogens with one attached hydrogen (secondary N) is 3. The second-order valence-corrected chi connectivity index (χ2v) is 7.67. The summed E-state index contributed by atoms with van der Waals surface area (Å²) in [4.78, 5) is 12.2. The van der Waals surface area contributed by atoms with Crippen LogP contribution in [-0.4, -0.2) is 14.3 Å². The van der Waals surface area contributed by atoms with E-state index in [1.165, 1.54) is 18.2 Å². The Bertz CT molecular complexity index is 937. The molecular weight excluding hydrogens is 350 g/mol. The van der Waals surface area contributed by atoms with Crippen LogP contribution in [0.2, 0.25) is 0 Å². The van der Waals surface area contributed by atoms with Gasteiger partial charge in [-0.3, -0.25) is 14.9 Å². The highest BCUT2D eigenvalue weighted by molar-refractivity contribution is 7.92. The van der Waals surface area contributed by atoms with Crippen molar-refractivity contribution < 1.29 is 13.2 Å². The molecule has 2 aromatic carbocycles. The van der Waals surface area contributed by atoms with Crippen molar-refractivity contribution in [1.82, 2.24) is 10.9 Å². The van der Waals surface area contributed by atoms with Crippen LogP contribution in [0, 0.1) is 13.8 Å². The molecule has 0 unspecified atom stereocenters. The molecule has 0 fully saturated rings. The molecule has 0 aliphatic heterocycles. The molecule has 0 spiro atoms. The largest absolute Gasteiger partial charge is 0.303 e. The van der Waals surface area contributed by atoms with Crippen molar-refractivity contribution >= 4 is 21.6 Å². The predicted octanol–water partition coefficient (Wildman–Crippen LogP) is 3.26. The summed E-state index contributed by atoms with van der Waals surface area (Å²) >= 11 is 0. The van der Waals surface area contributed by atoms with E-state index in [4.69, 9.17) is 0 Å². The number of sulfonamides is 1. The van der Waals surface area contributed by atoms with Gasteiger partial charge in [0.05, 0.1) is 10.6 Å². The van der Waals surface area contributed by atoms with Gasteiger partial charge in [-0.15, -0.1) is 0 Å². The van der Waals surface area contributed by atoms with Crippen molar-refractivity contribution in [2.75, 3.05) is 4.72 Å². The molecule has 6 nitrogen and oxygen atoms in total. The zero-order valence-corrected chi connectivity index (χ0v) is 15.9. The first-order valence-corrected chi connectivity index (χ1v) is 9.65. The van der Waals surface area contributed by atoms with Crippen LogP contribution in [0.4, 0.5) is 5.69 Å². The van der Waals surface area contributed by atoms with Crippen molar-refractivity contribution in [1.29, 1.82) is 0 Å². The fourth-order valence-electron chi connectivity index (χ4n) is 2.24. The summed E-state index contributed by atoms with van der Waals surface area (Å²) in [5.74, 6) is -0.442. The van der Waals surface area contributed by atoms with Crippen LogP contribution in [0.3, 0.4) is 0 Å². The second-order valence-electron chi connectivity index (χ2n) is 5.99. The van der Waals surface area contributed by atoms with Crippen LogP contribution in [-0.2, 0) is 10.0 Å². The van der Waals surface area contributed by atoms with E-state index in [0.29, 0.717) is 17.8 Å². The van der Waals surface area contributed by atoms with Gasteiger partial charge < -0.3 is 5.43 Å². The van der Waals surface area contributed by atoms with Gasteiger partial charge in [-0.1, -0.05) is 37.3 Å². The maximum Gasteiger partial charge on any atom is 0.269 e. The Labute approximate surface area is 154 Å². The lowest BCUT2D eigenvalue weighted by Crippen LogP contribution is -2.36. The van der Waals surface area contributed by atoms with Crippen LogP contribution in [0.1, 0.15) is 34.8 Å². The van der Waals surface area contributed by atoms with Crippen molar-refractivity contribution in [3.05, 3.63) is 71.4 Å². The van der Waals surface area contributed by atoms with Gasteiger partial charge in [0.1, 0.15) is 0 Å². The molecule has 0 atom stereocenters. The second kappa shape index (κ2) is 8.05. The Hall–Kier alpha value is -2.80. The molecule has 0 aliphatic carbocycles. The van der Waals surface area contributed by atoms with E-state index in [0.717, 1.165) is 11.1 Å². The first-order chi connectivity index (χ1) is 12.2. The summed E-state index contributed by atoms with van der Waals surface area (Å²) in [6.07, 6.45) is 0.661. The highest BCUT2D eigenvalue weighted by atomic mass is 32.2. The zero-order valence-electron chi connectivity index (χ0n) is 15.1. The first kappa shape index (κ1) is 19.5. The molecule has 0 bridgehead atoms. The van der Waals surface area contributed by atoms with Gasteiger partial charge in [0.15, 0.2) is 0 Å². The normalized spacial score (nSPS) is 10.9. The fourth-order valence-corrected chi connectivity index (χ4v) is 3.42. The lowest BCUT2D eigenvalue weighted by atomic mass is 10.1. The van der Waals surface area contributed by atoms with E-state index in [-0.39, 0.29) is 10.5 Å². The van der Waals surface area contributed by atoms with Crippen molar-refractivity contribution in [2.45, 2.75) is 32.1 Å². The molecule has 2 rings (SSSR count). The van der Waals surface area contributed by atoms with E-state index in [1.54, 1.807) is 12.1 Å². The molecule has 0 saturated carbocycles. The number of carbonyl (C=O) groups excluding carboxylic acids is 1. The van der Waals surface area contributed by atoms with Gasteiger partial charge in [-0.2, -0.15) is 0 Å². The average Bonchev–Trinajstić information content (AvgIpc) is 2.61. The summed E-state index contributed by atoms with van der Waals surface area (Å²) in [6.45, 7) is 9.39. The van der Waals surface area contributed by atoms with Crippen molar-refractivity contribution in [2.24, 2.45) is 0 Å². The summed E-state index contributed by atoms with van der Waals surface area (Å²) in [5, 5.41) is 0. The average molecular weight is 373 g/mol. The van der Waals surface area contributed by atoms with E-state index in [1.807, 2.05) is 32.9 Å². The third kappa shape index (κ3) is 4.86. The number of carbonyl (C=O) groups is 1. The predicted molar refractivity (Wildman–Crippen MR) is 103 cm³/mol. The molecule has 0 radical (unpaired) electrons. The standard InChI is InChI=1S/C19H23N3O3S/c1-5-15(4)20-21-19(23)16-7-6-8-17(12-16)26(24,25)22-18-10-9-13(2)11-14(18)3/h6-12,20,22H,4-5H2,1-3H3,(H,21,23). The minimum absolute atomic E-state index is 0.0134. The van der Waals surface area contributed by atoms with Gasteiger partial charge in [0.25, 0.3) is 15.9 Å². The number of rotatable bonds is 7. The quantitative estimate of drug-likeness (QED) is 0.650. The highest BCUT2D eigenvalue weighted by Crippen LogP contribution is 2.21. The maximum atomic E-state index is 12.7. The number of hydrazine groups is 1. The summed E-state index contributed by atoms with van der Waals surface area (Å²) < 4.78 is 27.9. The summed E-state index contributed by atoms with van der Waals surface area (Å²) in [5.41, 5.74) is 8.43. The minimum Gasteiger partial charge on any atom is -0.303 e. The van der Waals surface area contributed by atoms with Gasteiger partial charge >= 0.3 is 0 Å². The highest BCUT2D eigenvalue weighted by Gasteiger charge is 2.17. The Morgan fingerprint density at radius 3 is 2.46 bits per heavy atom.